The molecule has 14 heavy (non-hydrogen) atoms. The molecule has 4 N–H and O–H groups in total. The van der Waals surface area contributed by atoms with Crippen molar-refractivity contribution in [1.29, 1.82) is 0 Å². The first-order valence-corrected chi connectivity index (χ1v) is 4.74. The smallest absolute Gasteiger partial charge is 0.303 e. The van der Waals surface area contributed by atoms with E-state index < -0.39 is 5.97 Å². The molecule has 5 heteroatoms. The molecule has 0 bridgehead atoms. The van der Waals surface area contributed by atoms with Crippen LogP contribution in [-0.2, 0) is 9.59 Å². The molecule has 0 aliphatic carbocycles. The van der Waals surface area contributed by atoms with Crippen LogP contribution in [0.25, 0.3) is 0 Å². The molecule has 1 amide bonds. The van der Waals surface area contributed by atoms with E-state index in [4.69, 9.17) is 10.8 Å². The van der Waals surface area contributed by atoms with Gasteiger partial charge in [-0.25, -0.2) is 0 Å². The third kappa shape index (κ3) is 7.54. The number of nitrogens with one attached hydrogen (secondary N) is 1. The fourth-order valence-corrected chi connectivity index (χ4v) is 1.09. The second kappa shape index (κ2) is 7.32. The summed E-state index contributed by atoms with van der Waals surface area (Å²) in [6.45, 7) is 2.86. The van der Waals surface area contributed by atoms with Crippen molar-refractivity contribution >= 4 is 11.9 Å². The van der Waals surface area contributed by atoms with Gasteiger partial charge in [-0.1, -0.05) is 6.92 Å². The highest BCUT2D eigenvalue weighted by Crippen LogP contribution is 2.06. The zero-order valence-electron chi connectivity index (χ0n) is 8.45. The largest absolute Gasteiger partial charge is 0.481 e. The van der Waals surface area contributed by atoms with Crippen LogP contribution in [0.15, 0.2) is 0 Å². The molecule has 0 aromatic rings. The molecule has 0 saturated carbocycles. The van der Waals surface area contributed by atoms with Gasteiger partial charge in [0.1, 0.15) is 0 Å². The highest BCUT2D eigenvalue weighted by atomic mass is 16.4. The van der Waals surface area contributed by atoms with Crippen molar-refractivity contribution in [3.63, 3.8) is 0 Å². The van der Waals surface area contributed by atoms with Gasteiger partial charge in [0.2, 0.25) is 5.91 Å². The lowest BCUT2D eigenvalue weighted by Crippen LogP contribution is -2.27. The zero-order chi connectivity index (χ0) is 11.0. The summed E-state index contributed by atoms with van der Waals surface area (Å²) in [6, 6.07) is 0. The molecule has 0 fully saturated rings. The summed E-state index contributed by atoms with van der Waals surface area (Å²) < 4.78 is 0. The summed E-state index contributed by atoms with van der Waals surface area (Å²) in [5.74, 6) is -1.09. The predicted molar refractivity (Wildman–Crippen MR) is 52.7 cm³/mol. The van der Waals surface area contributed by atoms with Gasteiger partial charge in [-0.15, -0.1) is 0 Å². The summed E-state index contributed by atoms with van der Waals surface area (Å²) in [5, 5.41) is 11.1. The standard InChI is InChI=1S/C9H18N2O3/c1-7(6-9(13)14)5-8(12)11-4-2-3-10/h7H,2-6,10H2,1H3,(H,11,12)(H,13,14). The molecular formula is C9H18N2O3. The Labute approximate surface area is 83.7 Å². The van der Waals surface area contributed by atoms with Crippen LogP contribution in [0.3, 0.4) is 0 Å². The second-order valence-corrected chi connectivity index (χ2v) is 3.40. The molecule has 0 spiro atoms. The summed E-state index contributed by atoms with van der Waals surface area (Å²) >= 11 is 0. The first kappa shape index (κ1) is 12.9. The van der Waals surface area contributed by atoms with E-state index in [1.165, 1.54) is 0 Å². The van der Waals surface area contributed by atoms with E-state index in [1.54, 1.807) is 6.92 Å². The Kier molecular flexibility index (Phi) is 6.74. The van der Waals surface area contributed by atoms with E-state index in [9.17, 15) is 9.59 Å². The maximum absolute atomic E-state index is 11.2. The van der Waals surface area contributed by atoms with Crippen LogP contribution in [0, 0.1) is 5.92 Å². The van der Waals surface area contributed by atoms with Crippen LogP contribution < -0.4 is 11.1 Å². The minimum Gasteiger partial charge on any atom is -0.481 e. The van der Waals surface area contributed by atoms with Crippen molar-refractivity contribution in [2.75, 3.05) is 13.1 Å². The summed E-state index contributed by atoms with van der Waals surface area (Å²) in [7, 11) is 0. The molecule has 5 nitrogen and oxygen atoms in total. The fourth-order valence-electron chi connectivity index (χ4n) is 1.09. The van der Waals surface area contributed by atoms with E-state index in [-0.39, 0.29) is 24.7 Å². The number of rotatable bonds is 7. The second-order valence-electron chi connectivity index (χ2n) is 3.40. The molecule has 1 atom stereocenters. The summed E-state index contributed by atoms with van der Waals surface area (Å²) in [4.78, 5) is 21.5. The van der Waals surface area contributed by atoms with E-state index in [2.05, 4.69) is 5.32 Å². The van der Waals surface area contributed by atoms with Crippen molar-refractivity contribution in [3.05, 3.63) is 0 Å². The normalized spacial score (nSPS) is 12.1. The van der Waals surface area contributed by atoms with Gasteiger partial charge < -0.3 is 16.2 Å². The van der Waals surface area contributed by atoms with Gasteiger partial charge in [-0.3, -0.25) is 9.59 Å². The summed E-state index contributed by atoms with van der Waals surface area (Å²) in [5.41, 5.74) is 5.25. The number of hydrogen-bond donors (Lipinski definition) is 3. The first-order chi connectivity index (χ1) is 6.56. The third-order valence-electron chi connectivity index (χ3n) is 1.76. The molecule has 82 valence electrons. The van der Waals surface area contributed by atoms with Crippen LogP contribution in [0.4, 0.5) is 0 Å². The Bertz CT molecular complexity index is 194. The Hall–Kier alpha value is -1.10. The molecule has 0 saturated heterocycles. The zero-order valence-corrected chi connectivity index (χ0v) is 8.45. The minimum absolute atomic E-state index is 0.0321. The van der Waals surface area contributed by atoms with Crippen molar-refractivity contribution < 1.29 is 14.7 Å². The Morgan fingerprint density at radius 1 is 1.43 bits per heavy atom. The molecule has 0 heterocycles. The van der Waals surface area contributed by atoms with Crippen LogP contribution >= 0.6 is 0 Å². The van der Waals surface area contributed by atoms with Crippen LogP contribution in [0.1, 0.15) is 26.2 Å². The van der Waals surface area contributed by atoms with Gasteiger partial charge in [0.05, 0.1) is 0 Å². The number of amides is 1. The molecule has 0 rings (SSSR count). The van der Waals surface area contributed by atoms with Gasteiger partial charge >= 0.3 is 5.97 Å². The highest BCUT2D eigenvalue weighted by molar-refractivity contribution is 5.77. The number of hydrogen-bond acceptors (Lipinski definition) is 3. The Balaban J connectivity index is 3.55. The third-order valence-corrected chi connectivity index (χ3v) is 1.76. The molecule has 1 unspecified atom stereocenters. The highest BCUT2D eigenvalue weighted by Gasteiger charge is 2.11. The van der Waals surface area contributed by atoms with E-state index in [1.807, 2.05) is 0 Å². The molecular weight excluding hydrogens is 184 g/mol. The van der Waals surface area contributed by atoms with Crippen LogP contribution in [0.5, 0.6) is 0 Å². The van der Waals surface area contributed by atoms with Gasteiger partial charge in [-0.05, 0) is 18.9 Å². The molecule has 0 aromatic heterocycles. The SMILES string of the molecule is CC(CC(=O)O)CC(=O)NCCCN. The lowest BCUT2D eigenvalue weighted by Gasteiger charge is -2.08. The van der Waals surface area contributed by atoms with Crippen LogP contribution in [0.2, 0.25) is 0 Å². The number of carboxylic acids is 1. The van der Waals surface area contributed by atoms with Crippen molar-refractivity contribution in [2.45, 2.75) is 26.2 Å². The van der Waals surface area contributed by atoms with Gasteiger partial charge in [0, 0.05) is 19.4 Å². The van der Waals surface area contributed by atoms with Gasteiger partial charge in [0.25, 0.3) is 0 Å². The Morgan fingerprint density at radius 2 is 2.07 bits per heavy atom. The maximum atomic E-state index is 11.2. The number of carbonyl (C=O) groups is 2. The van der Waals surface area contributed by atoms with Gasteiger partial charge in [-0.2, -0.15) is 0 Å². The van der Waals surface area contributed by atoms with E-state index in [0.29, 0.717) is 13.1 Å². The number of carboxylic acid groups (broad SMARTS) is 1. The Morgan fingerprint density at radius 3 is 2.57 bits per heavy atom. The number of carbonyl (C=O) groups excluding carboxylic acids is 1. The number of aliphatic carboxylic acids is 1. The average molecular weight is 202 g/mol. The molecule has 0 aliphatic rings. The maximum Gasteiger partial charge on any atom is 0.303 e. The quantitative estimate of drug-likeness (QED) is 0.505. The molecule has 0 aromatic carbocycles. The van der Waals surface area contributed by atoms with Crippen molar-refractivity contribution in [3.8, 4) is 0 Å². The van der Waals surface area contributed by atoms with Crippen molar-refractivity contribution in [1.82, 2.24) is 5.32 Å². The van der Waals surface area contributed by atoms with Crippen molar-refractivity contribution in [2.24, 2.45) is 11.7 Å². The monoisotopic (exact) mass is 202 g/mol. The molecule has 0 radical (unpaired) electrons. The lowest BCUT2D eigenvalue weighted by molar-refractivity contribution is -0.138. The predicted octanol–water partition coefficient (Wildman–Crippen LogP) is -0.0477. The van der Waals surface area contributed by atoms with E-state index in [0.717, 1.165) is 6.42 Å². The fraction of sp³-hybridized carbons (Fsp3) is 0.778. The van der Waals surface area contributed by atoms with Crippen LogP contribution in [-0.4, -0.2) is 30.1 Å². The topological polar surface area (TPSA) is 92.4 Å². The summed E-state index contributed by atoms with van der Waals surface area (Å²) in [6.07, 6.45) is 1.04. The first-order valence-electron chi connectivity index (χ1n) is 4.74. The number of nitrogens with two attached hydrogens (primary N) is 1. The molecule has 0 aliphatic heterocycles. The lowest BCUT2D eigenvalue weighted by atomic mass is 10.0. The van der Waals surface area contributed by atoms with E-state index >= 15 is 0 Å². The van der Waals surface area contributed by atoms with Gasteiger partial charge in [0.15, 0.2) is 0 Å². The minimum atomic E-state index is -0.868. The average Bonchev–Trinajstić information content (AvgIpc) is 2.02.